The van der Waals surface area contributed by atoms with E-state index in [2.05, 4.69) is 9.97 Å². The number of rotatable bonds is 4. The van der Waals surface area contributed by atoms with Gasteiger partial charge in [-0.15, -0.1) is 0 Å². The zero-order valence-electron chi connectivity index (χ0n) is 15.2. The summed E-state index contributed by atoms with van der Waals surface area (Å²) in [5.41, 5.74) is 2.07. The lowest BCUT2D eigenvalue weighted by Gasteiger charge is -2.35. The highest BCUT2D eigenvalue weighted by molar-refractivity contribution is 7.89. The van der Waals surface area contributed by atoms with Gasteiger partial charge in [-0.25, -0.2) is 13.4 Å². The minimum atomic E-state index is -3.63. The Morgan fingerprint density at radius 1 is 1.18 bits per heavy atom. The number of aromatic nitrogens is 2. The number of nitro groups is 1. The van der Waals surface area contributed by atoms with Crippen LogP contribution in [0.3, 0.4) is 0 Å². The van der Waals surface area contributed by atoms with E-state index in [1.807, 2.05) is 4.90 Å². The quantitative estimate of drug-likeness (QED) is 0.530. The van der Waals surface area contributed by atoms with E-state index < -0.39 is 14.9 Å². The number of piperazine rings is 1. The molecule has 3 aromatic rings. The number of sulfonamides is 1. The topological polar surface area (TPSA) is 112 Å². The lowest BCUT2D eigenvalue weighted by molar-refractivity contribution is -0.385. The van der Waals surface area contributed by atoms with Crippen LogP contribution in [0.15, 0.2) is 47.6 Å². The fraction of sp³-hybridized carbons (Fsp3) is 0.278. The van der Waals surface area contributed by atoms with Crippen LogP contribution < -0.4 is 4.90 Å². The Morgan fingerprint density at radius 3 is 2.61 bits per heavy atom. The monoisotopic (exact) mass is 401 g/mol. The van der Waals surface area contributed by atoms with E-state index in [1.165, 1.54) is 16.6 Å². The van der Waals surface area contributed by atoms with Crippen molar-refractivity contribution in [2.24, 2.45) is 0 Å². The van der Waals surface area contributed by atoms with Crippen LogP contribution in [-0.2, 0) is 10.0 Å². The van der Waals surface area contributed by atoms with Gasteiger partial charge in [-0.2, -0.15) is 4.31 Å². The van der Waals surface area contributed by atoms with Gasteiger partial charge in [0.15, 0.2) is 0 Å². The first-order valence-corrected chi connectivity index (χ1v) is 10.2. The van der Waals surface area contributed by atoms with Gasteiger partial charge < -0.3 is 9.88 Å². The Morgan fingerprint density at radius 2 is 1.93 bits per heavy atom. The molecule has 0 unspecified atom stereocenters. The molecule has 1 aliphatic heterocycles. The minimum Gasteiger partial charge on any atom is -0.369 e. The van der Waals surface area contributed by atoms with E-state index >= 15 is 0 Å². The maximum atomic E-state index is 13.1. The molecule has 146 valence electrons. The molecule has 1 N–H and O–H groups in total. The molecule has 1 aromatic carbocycles. The molecule has 3 heterocycles. The van der Waals surface area contributed by atoms with E-state index in [1.54, 1.807) is 37.4 Å². The molecular weight excluding hydrogens is 382 g/mol. The van der Waals surface area contributed by atoms with Crippen molar-refractivity contribution in [2.75, 3.05) is 31.1 Å². The Hall–Kier alpha value is -2.98. The number of nitrogens with zero attached hydrogens (tertiary/aromatic N) is 4. The normalized spacial score (nSPS) is 15.8. The molecule has 10 heteroatoms. The molecule has 0 amide bonds. The zero-order chi connectivity index (χ0) is 19.9. The number of hydrogen-bond donors (Lipinski definition) is 1. The summed E-state index contributed by atoms with van der Waals surface area (Å²) in [5, 5.41) is 11.6. The molecule has 1 fully saturated rings. The van der Waals surface area contributed by atoms with Crippen molar-refractivity contribution in [3.8, 4) is 0 Å². The molecule has 0 atom stereocenters. The van der Waals surface area contributed by atoms with Crippen molar-refractivity contribution >= 4 is 32.4 Å². The van der Waals surface area contributed by atoms with Crippen LogP contribution >= 0.6 is 0 Å². The fourth-order valence-electron chi connectivity index (χ4n) is 3.51. The van der Waals surface area contributed by atoms with Gasteiger partial charge in [-0.1, -0.05) is 0 Å². The van der Waals surface area contributed by atoms with E-state index in [0.29, 0.717) is 42.8 Å². The molecule has 9 nitrogen and oxygen atoms in total. The maximum Gasteiger partial charge on any atom is 0.272 e. The van der Waals surface area contributed by atoms with E-state index in [4.69, 9.17) is 0 Å². The largest absolute Gasteiger partial charge is 0.369 e. The van der Waals surface area contributed by atoms with Crippen molar-refractivity contribution in [1.82, 2.24) is 14.3 Å². The van der Waals surface area contributed by atoms with Crippen LogP contribution in [0.5, 0.6) is 0 Å². The van der Waals surface area contributed by atoms with Gasteiger partial charge in [0, 0.05) is 61.3 Å². The van der Waals surface area contributed by atoms with Crippen LogP contribution in [-0.4, -0.2) is 53.8 Å². The number of nitrogens with one attached hydrogen (secondary N) is 1. The van der Waals surface area contributed by atoms with Crippen molar-refractivity contribution in [3.05, 3.63) is 58.4 Å². The molecular formula is C18H19N5O4S. The van der Waals surface area contributed by atoms with Crippen LogP contribution in [0.1, 0.15) is 5.56 Å². The van der Waals surface area contributed by atoms with Crippen molar-refractivity contribution in [3.63, 3.8) is 0 Å². The summed E-state index contributed by atoms with van der Waals surface area (Å²) in [5.74, 6) is 0. The SMILES string of the molecule is Cc1cc(N2CCN(S(=O)(=O)c3c[nH]c4ncccc34)CC2)ccc1[N+](=O)[O-]. The number of aryl methyl sites for hydroxylation is 1. The molecule has 28 heavy (non-hydrogen) atoms. The molecule has 1 saturated heterocycles. The standard InChI is InChI=1S/C18H19N5O4S/c1-13-11-14(4-5-16(13)23(24)25)21-7-9-22(10-8-21)28(26,27)17-12-20-18-15(17)3-2-6-19-18/h2-6,11-12H,7-10H2,1H3,(H,19,20). The molecule has 0 aliphatic carbocycles. The molecule has 0 saturated carbocycles. The van der Waals surface area contributed by atoms with Crippen LogP contribution in [0, 0.1) is 17.0 Å². The van der Waals surface area contributed by atoms with Gasteiger partial charge in [0.1, 0.15) is 10.5 Å². The number of anilines is 1. The third kappa shape index (κ3) is 3.10. The summed E-state index contributed by atoms with van der Waals surface area (Å²) < 4.78 is 27.6. The van der Waals surface area contributed by atoms with Gasteiger partial charge in [0.2, 0.25) is 10.0 Å². The summed E-state index contributed by atoms with van der Waals surface area (Å²) >= 11 is 0. The minimum absolute atomic E-state index is 0.0814. The lowest BCUT2D eigenvalue weighted by atomic mass is 10.1. The molecule has 1 aliphatic rings. The zero-order valence-corrected chi connectivity index (χ0v) is 16.0. The molecule has 2 aromatic heterocycles. The number of hydrogen-bond acceptors (Lipinski definition) is 6. The number of pyridine rings is 1. The number of nitro benzene ring substituents is 1. The third-order valence-corrected chi connectivity index (χ3v) is 6.95. The number of aromatic amines is 1. The highest BCUT2D eigenvalue weighted by Gasteiger charge is 2.31. The summed E-state index contributed by atoms with van der Waals surface area (Å²) in [7, 11) is -3.63. The number of benzene rings is 1. The molecule has 0 spiro atoms. The summed E-state index contributed by atoms with van der Waals surface area (Å²) in [6.45, 7) is 3.40. The Labute approximate surface area is 161 Å². The van der Waals surface area contributed by atoms with Crippen molar-refractivity contribution < 1.29 is 13.3 Å². The fourth-order valence-corrected chi connectivity index (χ4v) is 5.08. The van der Waals surface area contributed by atoms with E-state index in [9.17, 15) is 18.5 Å². The van der Waals surface area contributed by atoms with Crippen molar-refractivity contribution in [1.29, 1.82) is 0 Å². The van der Waals surface area contributed by atoms with Gasteiger partial charge in [-0.3, -0.25) is 10.1 Å². The molecule has 0 bridgehead atoms. The number of fused-ring (bicyclic) bond motifs is 1. The van der Waals surface area contributed by atoms with E-state index in [0.717, 1.165) is 5.69 Å². The highest BCUT2D eigenvalue weighted by atomic mass is 32.2. The van der Waals surface area contributed by atoms with Crippen LogP contribution in [0.25, 0.3) is 11.0 Å². The van der Waals surface area contributed by atoms with E-state index in [-0.39, 0.29) is 10.6 Å². The average Bonchev–Trinajstić information content (AvgIpc) is 3.12. The number of H-pyrrole nitrogens is 1. The summed E-state index contributed by atoms with van der Waals surface area (Å²) in [6.07, 6.45) is 3.10. The van der Waals surface area contributed by atoms with Gasteiger partial charge >= 0.3 is 0 Å². The highest BCUT2D eigenvalue weighted by Crippen LogP contribution is 2.28. The first kappa shape index (κ1) is 18.4. The predicted octanol–water partition coefficient (Wildman–Crippen LogP) is 2.29. The molecule has 4 rings (SSSR count). The predicted molar refractivity (Wildman–Crippen MR) is 105 cm³/mol. The smallest absolute Gasteiger partial charge is 0.272 e. The Balaban J connectivity index is 1.52. The first-order chi connectivity index (χ1) is 13.4. The van der Waals surface area contributed by atoms with Crippen LogP contribution in [0.4, 0.5) is 11.4 Å². The maximum absolute atomic E-state index is 13.1. The second kappa shape index (κ2) is 6.88. The second-order valence-electron chi connectivity index (χ2n) is 6.67. The Kier molecular flexibility index (Phi) is 4.52. The van der Waals surface area contributed by atoms with Crippen LogP contribution in [0.2, 0.25) is 0 Å². The summed E-state index contributed by atoms with van der Waals surface area (Å²) in [4.78, 5) is 19.9. The van der Waals surface area contributed by atoms with Gasteiger partial charge in [-0.05, 0) is 31.2 Å². The summed E-state index contributed by atoms with van der Waals surface area (Å²) in [6, 6.07) is 8.42. The lowest BCUT2D eigenvalue weighted by Crippen LogP contribution is -2.48. The third-order valence-electron chi connectivity index (χ3n) is 5.01. The Bertz CT molecular complexity index is 1150. The molecule has 0 radical (unpaired) electrons. The first-order valence-electron chi connectivity index (χ1n) is 8.80. The van der Waals surface area contributed by atoms with Crippen molar-refractivity contribution in [2.45, 2.75) is 11.8 Å². The average molecular weight is 401 g/mol. The van der Waals surface area contributed by atoms with Gasteiger partial charge in [0.05, 0.1) is 4.92 Å². The second-order valence-corrected chi connectivity index (χ2v) is 8.58. The van der Waals surface area contributed by atoms with Gasteiger partial charge in [0.25, 0.3) is 5.69 Å².